The largest absolute Gasteiger partial charge is 0.389 e. The monoisotopic (exact) mass is 320 g/mol. The first kappa shape index (κ1) is 13.7. The van der Waals surface area contributed by atoms with Crippen LogP contribution < -0.4 is 0 Å². The molecule has 0 aromatic heterocycles. The second-order valence-corrected chi connectivity index (χ2v) is 5.01. The predicted molar refractivity (Wildman–Crippen MR) is 77.0 cm³/mol. The summed E-state index contributed by atoms with van der Waals surface area (Å²) in [6.07, 6.45) is 0.900. The van der Waals surface area contributed by atoms with Crippen LogP contribution in [0.2, 0.25) is 0 Å². The molecule has 0 heterocycles. The molecular formula is C15H13BrO3. The first-order chi connectivity index (χ1) is 9.13. The van der Waals surface area contributed by atoms with Crippen LogP contribution in [0.4, 0.5) is 0 Å². The summed E-state index contributed by atoms with van der Waals surface area (Å²) in [4.78, 5) is 23.5. The van der Waals surface area contributed by atoms with Gasteiger partial charge in [-0.3, -0.25) is 4.79 Å². The molecule has 0 atom stereocenters. The fourth-order valence-electron chi connectivity index (χ4n) is 1.86. The van der Waals surface area contributed by atoms with E-state index in [2.05, 4.69) is 15.9 Å². The van der Waals surface area contributed by atoms with Crippen molar-refractivity contribution in [3.05, 3.63) is 46.4 Å². The zero-order valence-electron chi connectivity index (χ0n) is 10.5. The second kappa shape index (κ2) is 5.97. The summed E-state index contributed by atoms with van der Waals surface area (Å²) in [7, 11) is 0. The molecule has 0 fully saturated rings. The van der Waals surface area contributed by atoms with Crippen LogP contribution in [0.15, 0.2) is 40.9 Å². The number of carbonyl (C=O) groups excluding carboxylic acids is 2. The average molecular weight is 321 g/mol. The van der Waals surface area contributed by atoms with E-state index in [1.807, 2.05) is 37.3 Å². The lowest BCUT2D eigenvalue weighted by atomic mass is 10.0. The lowest BCUT2D eigenvalue weighted by molar-refractivity contribution is -0.137. The number of hydrogen-bond donors (Lipinski definition) is 0. The normalized spacial score (nSPS) is 10.4. The number of hydrogen-bond acceptors (Lipinski definition) is 3. The Balaban J connectivity index is 2.41. The number of halogens is 1. The highest BCUT2D eigenvalue weighted by Crippen LogP contribution is 2.27. The summed E-state index contributed by atoms with van der Waals surface area (Å²) < 4.78 is 5.48. The van der Waals surface area contributed by atoms with Gasteiger partial charge in [-0.25, -0.2) is 4.79 Å². The van der Waals surface area contributed by atoms with E-state index < -0.39 is 11.9 Å². The molecule has 0 aliphatic carbocycles. The fourth-order valence-corrected chi connectivity index (χ4v) is 2.37. The number of benzene rings is 2. The van der Waals surface area contributed by atoms with Crippen molar-refractivity contribution < 1.29 is 14.3 Å². The minimum Gasteiger partial charge on any atom is -0.389 e. The van der Waals surface area contributed by atoms with Gasteiger partial charge >= 0.3 is 11.9 Å². The van der Waals surface area contributed by atoms with Crippen molar-refractivity contribution >= 4 is 38.6 Å². The first-order valence-electron chi connectivity index (χ1n) is 6.05. The summed E-state index contributed by atoms with van der Waals surface area (Å²) >= 11 is 3.33. The highest BCUT2D eigenvalue weighted by atomic mass is 79.9. The Bertz CT molecular complexity index is 634. The third kappa shape index (κ3) is 3.01. The van der Waals surface area contributed by atoms with E-state index in [9.17, 15) is 9.59 Å². The molecule has 0 unspecified atom stereocenters. The summed E-state index contributed by atoms with van der Waals surface area (Å²) in [5, 5.41) is 1.70. The van der Waals surface area contributed by atoms with Gasteiger partial charge in [-0.1, -0.05) is 37.3 Å². The van der Waals surface area contributed by atoms with Crippen LogP contribution in [-0.2, 0) is 9.53 Å². The van der Waals surface area contributed by atoms with Crippen molar-refractivity contribution in [2.75, 3.05) is 0 Å². The molecule has 0 aliphatic heterocycles. The Labute approximate surface area is 119 Å². The lowest BCUT2D eigenvalue weighted by Gasteiger charge is -2.08. The van der Waals surface area contributed by atoms with Crippen LogP contribution in [0.25, 0.3) is 10.8 Å². The van der Waals surface area contributed by atoms with Crippen molar-refractivity contribution in [1.29, 1.82) is 0 Å². The maximum atomic E-state index is 12.1. The topological polar surface area (TPSA) is 43.4 Å². The smallest absolute Gasteiger partial charge is 0.347 e. The third-order valence-electron chi connectivity index (χ3n) is 2.74. The van der Waals surface area contributed by atoms with E-state index in [-0.39, 0.29) is 6.42 Å². The molecule has 0 aliphatic rings. The van der Waals surface area contributed by atoms with E-state index in [0.29, 0.717) is 16.5 Å². The minimum absolute atomic E-state index is 0.244. The van der Waals surface area contributed by atoms with Gasteiger partial charge in [0.1, 0.15) is 0 Å². The van der Waals surface area contributed by atoms with Gasteiger partial charge in [0.2, 0.25) is 0 Å². The van der Waals surface area contributed by atoms with Gasteiger partial charge in [0.05, 0.1) is 5.56 Å². The van der Waals surface area contributed by atoms with Crippen molar-refractivity contribution in [3.8, 4) is 0 Å². The predicted octanol–water partition coefficient (Wildman–Crippen LogP) is 4.09. The molecule has 0 saturated carbocycles. The molecule has 0 saturated heterocycles. The number of esters is 2. The quantitative estimate of drug-likeness (QED) is 0.632. The molecule has 3 nitrogen and oxygen atoms in total. The molecular weight excluding hydrogens is 308 g/mol. The van der Waals surface area contributed by atoms with Gasteiger partial charge in [0.15, 0.2) is 0 Å². The number of rotatable bonds is 3. The van der Waals surface area contributed by atoms with Crippen LogP contribution in [0.1, 0.15) is 30.1 Å². The van der Waals surface area contributed by atoms with Crippen LogP contribution >= 0.6 is 15.9 Å². The van der Waals surface area contributed by atoms with E-state index in [1.165, 1.54) is 0 Å². The molecule has 2 aromatic carbocycles. The van der Waals surface area contributed by atoms with Gasteiger partial charge in [0, 0.05) is 10.9 Å². The minimum atomic E-state index is -0.609. The SMILES string of the molecule is CCCC(=O)OC(=O)c1c(Br)ccc2ccccc12. The van der Waals surface area contributed by atoms with E-state index in [0.717, 1.165) is 10.8 Å². The Morgan fingerprint density at radius 3 is 2.63 bits per heavy atom. The highest BCUT2D eigenvalue weighted by molar-refractivity contribution is 9.10. The summed E-state index contributed by atoms with van der Waals surface area (Å²) in [6, 6.07) is 11.2. The number of ether oxygens (including phenoxy) is 1. The van der Waals surface area contributed by atoms with E-state index in [1.54, 1.807) is 6.07 Å². The van der Waals surface area contributed by atoms with Crippen molar-refractivity contribution in [3.63, 3.8) is 0 Å². The molecule has 4 heteroatoms. The van der Waals surface area contributed by atoms with Gasteiger partial charge in [-0.05, 0) is 39.2 Å². The van der Waals surface area contributed by atoms with E-state index in [4.69, 9.17) is 4.74 Å². The molecule has 0 amide bonds. The molecule has 0 bridgehead atoms. The van der Waals surface area contributed by atoms with Gasteiger partial charge in [-0.2, -0.15) is 0 Å². The third-order valence-corrected chi connectivity index (χ3v) is 3.40. The fraction of sp³-hybridized carbons (Fsp3) is 0.200. The molecule has 2 aromatic rings. The zero-order valence-corrected chi connectivity index (χ0v) is 12.1. The first-order valence-corrected chi connectivity index (χ1v) is 6.85. The van der Waals surface area contributed by atoms with E-state index >= 15 is 0 Å². The summed E-state index contributed by atoms with van der Waals surface area (Å²) in [5.74, 6) is -1.10. The molecule has 0 radical (unpaired) electrons. The van der Waals surface area contributed by atoms with Crippen LogP contribution in [0.5, 0.6) is 0 Å². The second-order valence-electron chi connectivity index (χ2n) is 4.16. The standard InChI is InChI=1S/C15H13BrO3/c1-2-5-13(17)19-15(18)14-11-7-4-3-6-10(11)8-9-12(14)16/h3-4,6-9H,2,5H2,1H3. The van der Waals surface area contributed by atoms with Crippen LogP contribution in [-0.4, -0.2) is 11.9 Å². The van der Waals surface area contributed by atoms with Gasteiger partial charge in [-0.15, -0.1) is 0 Å². The Kier molecular flexibility index (Phi) is 4.32. The maximum Gasteiger partial charge on any atom is 0.347 e. The van der Waals surface area contributed by atoms with Crippen molar-refractivity contribution in [2.45, 2.75) is 19.8 Å². The summed E-state index contributed by atoms with van der Waals surface area (Å²) in [6.45, 7) is 1.86. The van der Waals surface area contributed by atoms with Gasteiger partial charge in [0.25, 0.3) is 0 Å². The summed E-state index contributed by atoms with van der Waals surface area (Å²) in [5.41, 5.74) is 0.391. The molecule has 98 valence electrons. The molecule has 0 spiro atoms. The average Bonchev–Trinajstić information content (AvgIpc) is 2.38. The molecule has 2 rings (SSSR count). The van der Waals surface area contributed by atoms with Crippen molar-refractivity contribution in [1.82, 2.24) is 0 Å². The number of carbonyl (C=O) groups is 2. The zero-order chi connectivity index (χ0) is 13.8. The Morgan fingerprint density at radius 2 is 1.89 bits per heavy atom. The Morgan fingerprint density at radius 1 is 1.16 bits per heavy atom. The van der Waals surface area contributed by atoms with Gasteiger partial charge < -0.3 is 4.74 Å². The maximum absolute atomic E-state index is 12.1. The Hall–Kier alpha value is -1.68. The van der Waals surface area contributed by atoms with Crippen LogP contribution in [0, 0.1) is 0 Å². The highest BCUT2D eigenvalue weighted by Gasteiger charge is 2.18. The molecule has 19 heavy (non-hydrogen) atoms. The lowest BCUT2D eigenvalue weighted by Crippen LogP contribution is -2.13. The number of fused-ring (bicyclic) bond motifs is 1. The van der Waals surface area contributed by atoms with Crippen molar-refractivity contribution in [2.24, 2.45) is 0 Å². The van der Waals surface area contributed by atoms with Crippen LogP contribution in [0.3, 0.4) is 0 Å². The molecule has 0 N–H and O–H groups in total.